The first-order valence-corrected chi connectivity index (χ1v) is 8.04. The maximum absolute atomic E-state index is 4.41. The Morgan fingerprint density at radius 3 is 2.64 bits per heavy atom. The molecule has 1 heterocycles. The molecule has 1 aromatic rings. The Hall–Kier alpha value is -0.850. The molecule has 1 aliphatic rings. The third-order valence-corrected chi connectivity index (χ3v) is 4.81. The topological polar surface area (TPSA) is 49.3 Å². The molecule has 0 aromatic carbocycles. The first-order chi connectivity index (χ1) is 10.2. The van der Waals surface area contributed by atoms with Crippen LogP contribution < -0.4 is 10.6 Å². The molecular weight excluding hydrogens is 387 g/mol. The third kappa shape index (κ3) is 5.11. The predicted octanol–water partition coefficient (Wildman–Crippen LogP) is 3.64. The summed E-state index contributed by atoms with van der Waals surface area (Å²) in [5.41, 5.74) is 2.76. The van der Waals surface area contributed by atoms with Crippen molar-refractivity contribution in [2.24, 2.45) is 10.4 Å². The first kappa shape index (κ1) is 19.2. The molecule has 0 amide bonds. The second-order valence-corrected chi connectivity index (χ2v) is 6.11. The fraction of sp³-hybridized carbons (Fsp3) is 0.647. The van der Waals surface area contributed by atoms with E-state index in [1.807, 2.05) is 19.3 Å². The van der Waals surface area contributed by atoms with Gasteiger partial charge in [-0.1, -0.05) is 25.8 Å². The number of aliphatic imine (C=N–C) groups is 1. The highest BCUT2D eigenvalue weighted by Crippen LogP contribution is 2.40. The van der Waals surface area contributed by atoms with Crippen LogP contribution in [0.1, 0.15) is 50.3 Å². The van der Waals surface area contributed by atoms with Gasteiger partial charge in [0.05, 0.1) is 12.2 Å². The highest BCUT2D eigenvalue weighted by Gasteiger charge is 2.31. The van der Waals surface area contributed by atoms with E-state index in [1.54, 1.807) is 0 Å². The van der Waals surface area contributed by atoms with E-state index in [9.17, 15) is 0 Å². The minimum atomic E-state index is 0. The summed E-state index contributed by atoms with van der Waals surface area (Å²) in [6, 6.07) is 4.06. The van der Waals surface area contributed by atoms with Crippen LogP contribution in [0, 0.1) is 12.3 Å². The van der Waals surface area contributed by atoms with Crippen LogP contribution in [0.15, 0.2) is 23.3 Å². The average Bonchev–Trinajstić information content (AvgIpc) is 2.98. The lowest BCUT2D eigenvalue weighted by molar-refractivity contribution is 0.283. The zero-order valence-corrected chi connectivity index (χ0v) is 16.3. The molecule has 0 spiro atoms. The molecule has 22 heavy (non-hydrogen) atoms. The number of guanidine groups is 1. The van der Waals surface area contributed by atoms with Crippen LogP contribution in [0.5, 0.6) is 0 Å². The SMILES string of the molecule is CCC1(CNC(=NC)NCc2ncccc2C)CCCC1.I. The Labute approximate surface area is 151 Å². The first-order valence-electron chi connectivity index (χ1n) is 8.04. The van der Waals surface area contributed by atoms with E-state index in [0.717, 1.165) is 18.2 Å². The molecule has 5 heteroatoms. The number of aryl methyl sites for hydroxylation is 1. The molecule has 1 aliphatic carbocycles. The van der Waals surface area contributed by atoms with Crippen LogP contribution >= 0.6 is 24.0 Å². The van der Waals surface area contributed by atoms with Crippen LogP contribution in [0.3, 0.4) is 0 Å². The molecule has 0 atom stereocenters. The van der Waals surface area contributed by atoms with Crippen LogP contribution in [0.4, 0.5) is 0 Å². The highest BCUT2D eigenvalue weighted by molar-refractivity contribution is 14.0. The number of hydrogen-bond donors (Lipinski definition) is 2. The van der Waals surface area contributed by atoms with Gasteiger partial charge in [0.2, 0.25) is 0 Å². The summed E-state index contributed by atoms with van der Waals surface area (Å²) in [5, 5.41) is 6.87. The molecule has 2 rings (SSSR count). The van der Waals surface area contributed by atoms with Crippen molar-refractivity contribution in [3.63, 3.8) is 0 Å². The van der Waals surface area contributed by atoms with E-state index in [1.165, 1.54) is 37.7 Å². The lowest BCUT2D eigenvalue weighted by Gasteiger charge is -2.28. The predicted molar refractivity (Wildman–Crippen MR) is 104 cm³/mol. The Morgan fingerprint density at radius 2 is 2.05 bits per heavy atom. The summed E-state index contributed by atoms with van der Waals surface area (Å²) >= 11 is 0. The fourth-order valence-corrected chi connectivity index (χ4v) is 3.14. The molecule has 0 unspecified atom stereocenters. The van der Waals surface area contributed by atoms with Gasteiger partial charge in [0.15, 0.2) is 5.96 Å². The van der Waals surface area contributed by atoms with Gasteiger partial charge in [0, 0.05) is 19.8 Å². The molecule has 124 valence electrons. The monoisotopic (exact) mass is 416 g/mol. The van der Waals surface area contributed by atoms with Gasteiger partial charge in [-0.25, -0.2) is 0 Å². The Morgan fingerprint density at radius 1 is 1.32 bits per heavy atom. The van der Waals surface area contributed by atoms with Crippen LogP contribution in [0.25, 0.3) is 0 Å². The van der Waals surface area contributed by atoms with Gasteiger partial charge in [-0.2, -0.15) is 0 Å². The third-order valence-electron chi connectivity index (χ3n) is 4.81. The number of nitrogens with one attached hydrogen (secondary N) is 2. The number of rotatable bonds is 5. The molecule has 1 saturated carbocycles. The normalized spacial score (nSPS) is 17.0. The zero-order valence-electron chi connectivity index (χ0n) is 14.0. The van der Waals surface area contributed by atoms with E-state index in [2.05, 4.69) is 40.5 Å². The number of nitrogens with zero attached hydrogens (tertiary/aromatic N) is 2. The van der Waals surface area contributed by atoms with Crippen LogP contribution in [0.2, 0.25) is 0 Å². The fourth-order valence-electron chi connectivity index (χ4n) is 3.14. The Balaban J connectivity index is 0.00000242. The van der Waals surface area contributed by atoms with Crippen molar-refractivity contribution < 1.29 is 0 Å². The number of hydrogen-bond acceptors (Lipinski definition) is 2. The van der Waals surface area contributed by atoms with E-state index < -0.39 is 0 Å². The van der Waals surface area contributed by atoms with Gasteiger partial charge in [0.25, 0.3) is 0 Å². The van der Waals surface area contributed by atoms with Crippen molar-refractivity contribution in [1.29, 1.82) is 0 Å². The van der Waals surface area contributed by atoms with Gasteiger partial charge in [-0.15, -0.1) is 24.0 Å². The lowest BCUT2D eigenvalue weighted by Crippen LogP contribution is -2.42. The second kappa shape index (κ2) is 9.33. The van der Waals surface area contributed by atoms with Crippen molar-refractivity contribution in [3.8, 4) is 0 Å². The van der Waals surface area contributed by atoms with Crippen molar-refractivity contribution in [1.82, 2.24) is 15.6 Å². The smallest absolute Gasteiger partial charge is 0.191 e. The zero-order chi connectivity index (χ0) is 15.1. The van der Waals surface area contributed by atoms with Gasteiger partial charge in [0.1, 0.15) is 0 Å². The molecule has 4 nitrogen and oxygen atoms in total. The maximum atomic E-state index is 4.41. The summed E-state index contributed by atoms with van der Waals surface area (Å²) < 4.78 is 0. The van der Waals surface area contributed by atoms with E-state index in [4.69, 9.17) is 0 Å². The summed E-state index contributed by atoms with van der Waals surface area (Å²) in [6.45, 7) is 6.13. The molecule has 1 aromatic heterocycles. The Bertz CT molecular complexity index is 481. The molecule has 1 fully saturated rings. The molecule has 0 saturated heterocycles. The molecule has 0 radical (unpaired) electrons. The summed E-state index contributed by atoms with van der Waals surface area (Å²) in [5.74, 6) is 0.875. The van der Waals surface area contributed by atoms with Crippen LogP contribution in [-0.4, -0.2) is 24.5 Å². The maximum Gasteiger partial charge on any atom is 0.191 e. The van der Waals surface area contributed by atoms with E-state index >= 15 is 0 Å². The van der Waals surface area contributed by atoms with E-state index in [0.29, 0.717) is 12.0 Å². The molecular formula is C17H29IN4. The van der Waals surface area contributed by atoms with Crippen LogP contribution in [-0.2, 0) is 6.54 Å². The standard InChI is InChI=1S/C17H28N4.HI/c1-4-17(9-5-6-10-17)13-21-16(18-3)20-12-15-14(2)8-7-11-19-15;/h7-8,11H,4-6,9-10,12-13H2,1-3H3,(H2,18,20,21);1H. The molecule has 2 N–H and O–H groups in total. The van der Waals surface area contributed by atoms with Crippen molar-refractivity contribution >= 4 is 29.9 Å². The van der Waals surface area contributed by atoms with Gasteiger partial charge < -0.3 is 10.6 Å². The lowest BCUT2D eigenvalue weighted by atomic mass is 9.83. The Kier molecular flexibility index (Phi) is 8.14. The molecule has 0 bridgehead atoms. The van der Waals surface area contributed by atoms with Gasteiger partial charge in [-0.3, -0.25) is 9.98 Å². The largest absolute Gasteiger partial charge is 0.356 e. The number of halogens is 1. The van der Waals surface area contributed by atoms with Crippen molar-refractivity contribution in [2.45, 2.75) is 52.5 Å². The summed E-state index contributed by atoms with van der Waals surface area (Å²) in [6.07, 6.45) is 8.50. The highest BCUT2D eigenvalue weighted by atomic mass is 127. The summed E-state index contributed by atoms with van der Waals surface area (Å²) in [4.78, 5) is 8.73. The van der Waals surface area contributed by atoms with Crippen molar-refractivity contribution in [2.75, 3.05) is 13.6 Å². The summed E-state index contributed by atoms with van der Waals surface area (Å²) in [7, 11) is 1.83. The van der Waals surface area contributed by atoms with Gasteiger partial charge >= 0.3 is 0 Å². The minimum Gasteiger partial charge on any atom is -0.356 e. The quantitative estimate of drug-likeness (QED) is 0.438. The van der Waals surface area contributed by atoms with E-state index in [-0.39, 0.29) is 24.0 Å². The number of pyridine rings is 1. The van der Waals surface area contributed by atoms with Gasteiger partial charge in [-0.05, 0) is 43.2 Å². The second-order valence-electron chi connectivity index (χ2n) is 6.11. The minimum absolute atomic E-state index is 0. The average molecular weight is 416 g/mol. The van der Waals surface area contributed by atoms with Crippen molar-refractivity contribution in [3.05, 3.63) is 29.6 Å². The number of aromatic nitrogens is 1. The molecule has 0 aliphatic heterocycles.